The van der Waals surface area contributed by atoms with Crippen LogP contribution in [0.3, 0.4) is 0 Å². The van der Waals surface area contributed by atoms with Crippen molar-refractivity contribution in [3.63, 3.8) is 0 Å². The normalized spacial score (nSPS) is 17.8. The van der Waals surface area contributed by atoms with Gasteiger partial charge in [-0.15, -0.1) is 0 Å². The zero-order valence-electron chi connectivity index (χ0n) is 18.4. The number of carbonyl (C=O) groups is 3. The van der Waals surface area contributed by atoms with Crippen LogP contribution in [0.1, 0.15) is 35.7 Å². The first-order valence-corrected chi connectivity index (χ1v) is 11.8. The van der Waals surface area contributed by atoms with Gasteiger partial charge in [0.1, 0.15) is 0 Å². The summed E-state index contributed by atoms with van der Waals surface area (Å²) in [6, 6.07) is 14.6. The molecule has 1 fully saturated rings. The molecule has 1 saturated heterocycles. The summed E-state index contributed by atoms with van der Waals surface area (Å²) in [5.74, 6) is 0.455. The number of thioether (sulfide) groups is 1. The van der Waals surface area contributed by atoms with Crippen LogP contribution in [0, 0.1) is 0 Å². The number of carbonyl (C=O) groups excluding carboxylic acids is 3. The summed E-state index contributed by atoms with van der Waals surface area (Å²) in [4.78, 5) is 40.5. The fourth-order valence-corrected chi connectivity index (χ4v) is 4.37. The van der Waals surface area contributed by atoms with E-state index in [-0.39, 0.29) is 43.5 Å². The van der Waals surface area contributed by atoms with Crippen LogP contribution in [0.4, 0.5) is 4.79 Å². The molecule has 0 N–H and O–H groups in total. The Balaban J connectivity index is 1.30. The van der Waals surface area contributed by atoms with Crippen molar-refractivity contribution < 1.29 is 28.6 Å². The molecule has 2 aromatic carbocycles. The van der Waals surface area contributed by atoms with Gasteiger partial charge >= 0.3 is 0 Å². The molecule has 0 bridgehead atoms. The van der Waals surface area contributed by atoms with Gasteiger partial charge in [0.15, 0.2) is 23.7 Å². The highest BCUT2D eigenvalue weighted by atomic mass is 32.2. The lowest BCUT2D eigenvalue weighted by atomic mass is 10.1. The van der Waals surface area contributed by atoms with Gasteiger partial charge in [0.2, 0.25) is 0 Å². The van der Waals surface area contributed by atoms with Gasteiger partial charge < -0.3 is 19.1 Å². The van der Waals surface area contributed by atoms with Gasteiger partial charge in [-0.1, -0.05) is 49.7 Å². The van der Waals surface area contributed by atoms with Crippen LogP contribution in [0.15, 0.2) is 48.5 Å². The third-order valence-electron chi connectivity index (χ3n) is 5.33. The van der Waals surface area contributed by atoms with Gasteiger partial charge in [-0.3, -0.25) is 19.3 Å². The second-order valence-corrected chi connectivity index (χ2v) is 8.69. The average Bonchev–Trinajstić information content (AvgIpc) is 3.09. The van der Waals surface area contributed by atoms with Crippen molar-refractivity contribution in [2.45, 2.75) is 31.7 Å². The number of imide groups is 1. The van der Waals surface area contributed by atoms with E-state index in [1.54, 1.807) is 18.2 Å². The minimum atomic E-state index is -0.909. The number of para-hydroxylation sites is 1. The van der Waals surface area contributed by atoms with Gasteiger partial charge in [-0.05, 0) is 35.9 Å². The van der Waals surface area contributed by atoms with E-state index in [0.29, 0.717) is 23.7 Å². The van der Waals surface area contributed by atoms with Crippen LogP contribution in [-0.4, -0.2) is 58.8 Å². The SMILES string of the molecule is CCCCOc1cccc2c1OCN(CCOC1SC(=O)N(Cc3ccccc3)C1=O)C2=O. The van der Waals surface area contributed by atoms with Crippen molar-refractivity contribution in [3.05, 3.63) is 59.7 Å². The average molecular weight is 471 g/mol. The molecule has 33 heavy (non-hydrogen) atoms. The smallest absolute Gasteiger partial charge is 0.291 e. The van der Waals surface area contributed by atoms with Crippen molar-refractivity contribution in [1.82, 2.24) is 9.80 Å². The maximum absolute atomic E-state index is 12.9. The van der Waals surface area contributed by atoms with Gasteiger partial charge in [0.05, 0.1) is 25.3 Å². The van der Waals surface area contributed by atoms with E-state index >= 15 is 0 Å². The molecule has 0 saturated carbocycles. The first kappa shape index (κ1) is 23.1. The molecule has 2 aliphatic heterocycles. The number of fused-ring (bicyclic) bond motifs is 1. The Labute approximate surface area is 196 Å². The second kappa shape index (κ2) is 10.7. The molecule has 1 unspecified atom stereocenters. The van der Waals surface area contributed by atoms with Crippen molar-refractivity contribution >= 4 is 28.8 Å². The van der Waals surface area contributed by atoms with Crippen molar-refractivity contribution in [2.24, 2.45) is 0 Å². The number of amides is 3. The standard InChI is InChI=1S/C24H26N2O6S/c1-2-3-13-30-19-11-7-10-18-20(19)32-16-25(21(18)27)12-14-31-23-22(28)26(24(29)33-23)15-17-8-5-4-6-9-17/h4-11,23H,2-3,12-16H2,1H3. The lowest BCUT2D eigenvalue weighted by Crippen LogP contribution is -2.41. The van der Waals surface area contributed by atoms with Crippen molar-refractivity contribution in [2.75, 3.05) is 26.5 Å². The van der Waals surface area contributed by atoms with Crippen molar-refractivity contribution in [3.8, 4) is 11.5 Å². The van der Waals surface area contributed by atoms with Gasteiger partial charge in [0.25, 0.3) is 17.1 Å². The summed E-state index contributed by atoms with van der Waals surface area (Å²) in [7, 11) is 0. The molecule has 9 heteroatoms. The van der Waals surface area contributed by atoms with Crippen molar-refractivity contribution in [1.29, 1.82) is 0 Å². The van der Waals surface area contributed by atoms with Gasteiger partial charge in [-0.2, -0.15) is 0 Å². The Bertz CT molecular complexity index is 1020. The molecule has 1 atom stereocenters. The van der Waals surface area contributed by atoms with Crippen LogP contribution in [-0.2, 0) is 16.1 Å². The highest BCUT2D eigenvalue weighted by Crippen LogP contribution is 2.35. The fraction of sp³-hybridized carbons (Fsp3) is 0.375. The molecule has 2 heterocycles. The Hall–Kier alpha value is -3.04. The Morgan fingerprint density at radius 1 is 1.06 bits per heavy atom. The van der Waals surface area contributed by atoms with Crippen LogP contribution in [0.2, 0.25) is 0 Å². The molecular weight excluding hydrogens is 444 g/mol. The largest absolute Gasteiger partial charge is 0.490 e. The lowest BCUT2D eigenvalue weighted by Gasteiger charge is -2.29. The summed E-state index contributed by atoms with van der Waals surface area (Å²) in [6.45, 7) is 3.26. The van der Waals surface area contributed by atoms with E-state index in [2.05, 4.69) is 6.92 Å². The van der Waals surface area contributed by atoms with E-state index in [0.717, 1.165) is 30.2 Å². The number of nitrogens with zero attached hydrogens (tertiary/aromatic N) is 2. The van der Waals surface area contributed by atoms with Gasteiger partial charge in [-0.25, -0.2) is 0 Å². The number of hydrogen-bond acceptors (Lipinski definition) is 7. The maximum Gasteiger partial charge on any atom is 0.291 e. The molecule has 0 aliphatic carbocycles. The third kappa shape index (κ3) is 5.31. The van der Waals surface area contributed by atoms with Crippen LogP contribution in [0.5, 0.6) is 11.5 Å². The first-order valence-electron chi connectivity index (χ1n) is 10.9. The van der Waals surface area contributed by atoms with Crippen LogP contribution in [0.25, 0.3) is 0 Å². The van der Waals surface area contributed by atoms with Crippen LogP contribution >= 0.6 is 11.8 Å². The maximum atomic E-state index is 12.9. The molecule has 0 radical (unpaired) electrons. The quantitative estimate of drug-likeness (QED) is 0.487. The summed E-state index contributed by atoms with van der Waals surface area (Å²) < 4.78 is 17.2. The first-order chi connectivity index (χ1) is 16.1. The molecule has 2 aromatic rings. The summed E-state index contributed by atoms with van der Waals surface area (Å²) in [5.41, 5.74) is 0.395. The number of hydrogen-bond donors (Lipinski definition) is 0. The predicted octanol–water partition coefficient (Wildman–Crippen LogP) is 3.90. The fourth-order valence-electron chi connectivity index (χ4n) is 3.52. The minimum absolute atomic E-state index is 0.0637. The molecule has 174 valence electrons. The Kier molecular flexibility index (Phi) is 7.51. The minimum Gasteiger partial charge on any atom is -0.490 e. The monoisotopic (exact) mass is 470 g/mol. The van der Waals surface area contributed by atoms with Gasteiger partial charge in [0, 0.05) is 6.54 Å². The molecule has 4 rings (SSSR count). The molecule has 0 aromatic heterocycles. The topological polar surface area (TPSA) is 85.4 Å². The number of unbranched alkanes of at least 4 members (excludes halogenated alkanes) is 1. The third-order valence-corrected chi connectivity index (χ3v) is 6.30. The van der Waals surface area contributed by atoms with Crippen LogP contribution < -0.4 is 9.47 Å². The zero-order valence-corrected chi connectivity index (χ0v) is 19.2. The summed E-state index contributed by atoms with van der Waals surface area (Å²) >= 11 is 0.852. The summed E-state index contributed by atoms with van der Waals surface area (Å²) in [5, 5.41) is -0.337. The zero-order chi connectivity index (χ0) is 23.2. The summed E-state index contributed by atoms with van der Waals surface area (Å²) in [6.07, 6.45) is 1.93. The number of rotatable bonds is 10. The molecule has 3 amide bonds. The molecular formula is C24H26N2O6S. The van der Waals surface area contributed by atoms with E-state index in [1.165, 1.54) is 9.80 Å². The highest BCUT2D eigenvalue weighted by molar-refractivity contribution is 8.15. The van der Waals surface area contributed by atoms with E-state index in [1.807, 2.05) is 30.3 Å². The predicted molar refractivity (Wildman–Crippen MR) is 123 cm³/mol. The lowest BCUT2D eigenvalue weighted by molar-refractivity contribution is -0.134. The van der Waals surface area contributed by atoms with E-state index < -0.39 is 5.44 Å². The molecule has 8 nitrogen and oxygen atoms in total. The Morgan fingerprint density at radius 2 is 1.88 bits per heavy atom. The van der Waals surface area contributed by atoms with E-state index in [4.69, 9.17) is 14.2 Å². The molecule has 2 aliphatic rings. The number of benzene rings is 2. The highest BCUT2D eigenvalue weighted by Gasteiger charge is 2.40. The number of ether oxygens (including phenoxy) is 3. The van der Waals surface area contributed by atoms with E-state index in [9.17, 15) is 14.4 Å². The Morgan fingerprint density at radius 3 is 2.67 bits per heavy atom. The second-order valence-electron chi connectivity index (χ2n) is 7.67. The molecule has 0 spiro atoms.